The first kappa shape index (κ1) is 20.3. The Labute approximate surface area is 157 Å². The molecule has 0 radical (unpaired) electrons. The maximum atomic E-state index is 13.0. The number of unbranched alkanes of at least 4 members (excludes halogenated alkanes) is 1. The van der Waals surface area contributed by atoms with Crippen molar-refractivity contribution in [3.05, 3.63) is 29.8 Å². The van der Waals surface area contributed by atoms with E-state index in [0.29, 0.717) is 19.4 Å². The van der Waals surface area contributed by atoms with Crippen molar-refractivity contribution in [2.45, 2.75) is 65.0 Å². The molecule has 0 saturated carbocycles. The zero-order valence-corrected chi connectivity index (χ0v) is 16.5. The van der Waals surface area contributed by atoms with Crippen LogP contribution in [0.3, 0.4) is 0 Å². The quantitative estimate of drug-likeness (QED) is 0.769. The highest BCUT2D eigenvalue weighted by Crippen LogP contribution is 2.40. The summed E-state index contributed by atoms with van der Waals surface area (Å²) in [5.41, 5.74) is 0.920. The Morgan fingerprint density at radius 1 is 1.35 bits per heavy atom. The fraction of sp³-hybridized carbons (Fsp3) is 0.619. The number of para-hydroxylation sites is 1. The Bertz CT molecular complexity index is 617. The summed E-state index contributed by atoms with van der Waals surface area (Å²) in [6.07, 6.45) is 3.82. The van der Waals surface area contributed by atoms with E-state index in [1.54, 1.807) is 7.11 Å². The third kappa shape index (κ3) is 4.57. The fourth-order valence-corrected chi connectivity index (χ4v) is 3.57. The Morgan fingerprint density at radius 3 is 2.73 bits per heavy atom. The van der Waals surface area contributed by atoms with Crippen LogP contribution < -0.4 is 10.1 Å². The topological polar surface area (TPSA) is 58.6 Å². The number of piperidine rings is 1. The number of benzene rings is 1. The van der Waals surface area contributed by atoms with Gasteiger partial charge >= 0.3 is 0 Å². The molecule has 5 nitrogen and oxygen atoms in total. The third-order valence-corrected chi connectivity index (χ3v) is 5.25. The first-order chi connectivity index (χ1) is 12.5. The van der Waals surface area contributed by atoms with E-state index < -0.39 is 0 Å². The molecule has 0 bridgehead atoms. The standard InChI is InChI=1S/C21H32N2O3/c1-5-7-14-23-19(24)13-12-17(21(25)22-15(3)6-2)20(23)16-10-8-9-11-18(16)26-4/h8-11,15,17,20H,5-7,12-14H2,1-4H3,(H,22,25). The molecule has 3 unspecified atom stereocenters. The number of nitrogens with one attached hydrogen (secondary N) is 1. The van der Waals surface area contributed by atoms with Crippen LogP contribution in [0.15, 0.2) is 24.3 Å². The molecule has 0 aromatic heterocycles. The Kier molecular flexibility index (Phi) is 7.49. The average Bonchev–Trinajstić information content (AvgIpc) is 2.66. The fourth-order valence-electron chi connectivity index (χ4n) is 3.57. The molecule has 1 N–H and O–H groups in total. The lowest BCUT2D eigenvalue weighted by atomic mass is 9.82. The highest BCUT2D eigenvalue weighted by molar-refractivity contribution is 5.85. The number of carbonyl (C=O) groups excluding carboxylic acids is 2. The first-order valence-electron chi connectivity index (χ1n) is 9.76. The number of ether oxygens (including phenoxy) is 1. The molecule has 1 aliphatic heterocycles. The Balaban J connectivity index is 2.41. The summed E-state index contributed by atoms with van der Waals surface area (Å²) in [5, 5.41) is 3.11. The molecule has 1 aromatic rings. The van der Waals surface area contributed by atoms with Gasteiger partial charge in [0.2, 0.25) is 11.8 Å². The van der Waals surface area contributed by atoms with Gasteiger partial charge in [-0.1, -0.05) is 38.5 Å². The summed E-state index contributed by atoms with van der Waals surface area (Å²) in [6.45, 7) is 6.85. The Hall–Kier alpha value is -2.04. The molecule has 2 amide bonds. The Morgan fingerprint density at radius 2 is 2.08 bits per heavy atom. The van der Waals surface area contributed by atoms with Crippen molar-refractivity contribution in [1.82, 2.24) is 10.2 Å². The molecular formula is C21H32N2O3. The summed E-state index contributed by atoms with van der Waals surface area (Å²) in [4.78, 5) is 27.6. The van der Waals surface area contributed by atoms with Crippen molar-refractivity contribution >= 4 is 11.8 Å². The number of methoxy groups -OCH3 is 1. The molecule has 0 spiro atoms. The molecule has 0 aliphatic carbocycles. The van der Waals surface area contributed by atoms with Gasteiger partial charge in [-0.25, -0.2) is 0 Å². The monoisotopic (exact) mass is 360 g/mol. The predicted molar refractivity (Wildman–Crippen MR) is 103 cm³/mol. The maximum Gasteiger partial charge on any atom is 0.225 e. The van der Waals surface area contributed by atoms with Gasteiger partial charge in [-0.3, -0.25) is 9.59 Å². The molecule has 144 valence electrons. The summed E-state index contributed by atoms with van der Waals surface area (Å²) < 4.78 is 5.55. The summed E-state index contributed by atoms with van der Waals surface area (Å²) in [6, 6.07) is 7.59. The van der Waals surface area contributed by atoms with Crippen LogP contribution in [0.5, 0.6) is 5.75 Å². The molecule has 3 atom stereocenters. The second kappa shape index (κ2) is 9.60. The number of amides is 2. The third-order valence-electron chi connectivity index (χ3n) is 5.25. The van der Waals surface area contributed by atoms with Gasteiger partial charge in [0.15, 0.2) is 0 Å². The molecule has 1 heterocycles. The lowest BCUT2D eigenvalue weighted by molar-refractivity contribution is -0.143. The number of likely N-dealkylation sites (tertiary alicyclic amines) is 1. The summed E-state index contributed by atoms with van der Waals surface area (Å²) in [7, 11) is 1.63. The van der Waals surface area contributed by atoms with Crippen molar-refractivity contribution in [3.8, 4) is 5.75 Å². The minimum Gasteiger partial charge on any atom is -0.496 e. The second-order valence-corrected chi connectivity index (χ2v) is 7.09. The van der Waals surface area contributed by atoms with E-state index >= 15 is 0 Å². The van der Waals surface area contributed by atoms with Crippen LogP contribution in [0.25, 0.3) is 0 Å². The first-order valence-corrected chi connectivity index (χ1v) is 9.76. The lowest BCUT2D eigenvalue weighted by Crippen LogP contribution is -2.49. The molecule has 1 saturated heterocycles. The number of hydrogen-bond donors (Lipinski definition) is 1. The van der Waals surface area contributed by atoms with E-state index in [1.807, 2.05) is 36.1 Å². The molecule has 5 heteroatoms. The molecule has 1 aliphatic rings. The largest absolute Gasteiger partial charge is 0.496 e. The number of rotatable bonds is 8. The van der Waals surface area contributed by atoms with Gasteiger partial charge in [0, 0.05) is 24.6 Å². The second-order valence-electron chi connectivity index (χ2n) is 7.09. The zero-order valence-electron chi connectivity index (χ0n) is 16.5. The van der Waals surface area contributed by atoms with Gasteiger partial charge in [0.25, 0.3) is 0 Å². The van der Waals surface area contributed by atoms with Gasteiger partial charge in [-0.05, 0) is 32.3 Å². The molecular weight excluding hydrogens is 328 g/mol. The van der Waals surface area contributed by atoms with Crippen LogP contribution in [-0.4, -0.2) is 36.4 Å². The summed E-state index contributed by atoms with van der Waals surface area (Å²) in [5.74, 6) is 0.635. The number of hydrogen-bond acceptors (Lipinski definition) is 3. The van der Waals surface area contributed by atoms with E-state index in [4.69, 9.17) is 4.74 Å². The van der Waals surface area contributed by atoms with E-state index in [2.05, 4.69) is 19.2 Å². The van der Waals surface area contributed by atoms with Gasteiger partial charge in [-0.15, -0.1) is 0 Å². The van der Waals surface area contributed by atoms with Crippen LogP contribution in [0, 0.1) is 5.92 Å². The SMILES string of the molecule is CCCCN1C(=O)CCC(C(=O)NC(C)CC)C1c1ccccc1OC. The van der Waals surface area contributed by atoms with E-state index in [1.165, 1.54) is 0 Å². The lowest BCUT2D eigenvalue weighted by Gasteiger charge is -2.41. The normalized spacial score (nSPS) is 21.4. The van der Waals surface area contributed by atoms with Gasteiger partial charge < -0.3 is 15.0 Å². The van der Waals surface area contributed by atoms with Crippen LogP contribution in [-0.2, 0) is 9.59 Å². The maximum absolute atomic E-state index is 13.0. The number of nitrogens with zero attached hydrogens (tertiary/aromatic N) is 1. The molecule has 1 fully saturated rings. The van der Waals surface area contributed by atoms with Crippen LogP contribution in [0.2, 0.25) is 0 Å². The molecule has 26 heavy (non-hydrogen) atoms. The minimum absolute atomic E-state index is 0.0317. The number of carbonyl (C=O) groups is 2. The molecule has 1 aromatic carbocycles. The van der Waals surface area contributed by atoms with Crippen molar-refractivity contribution in [1.29, 1.82) is 0 Å². The van der Waals surface area contributed by atoms with E-state index in [9.17, 15) is 9.59 Å². The highest BCUT2D eigenvalue weighted by Gasteiger charge is 2.41. The van der Waals surface area contributed by atoms with Crippen molar-refractivity contribution in [2.24, 2.45) is 5.92 Å². The van der Waals surface area contributed by atoms with Crippen molar-refractivity contribution in [2.75, 3.05) is 13.7 Å². The van der Waals surface area contributed by atoms with Crippen molar-refractivity contribution < 1.29 is 14.3 Å². The van der Waals surface area contributed by atoms with Crippen molar-refractivity contribution in [3.63, 3.8) is 0 Å². The van der Waals surface area contributed by atoms with E-state index in [0.717, 1.165) is 30.6 Å². The van der Waals surface area contributed by atoms with E-state index in [-0.39, 0.29) is 29.8 Å². The molecule has 2 rings (SSSR count). The van der Waals surface area contributed by atoms with Gasteiger partial charge in [0.1, 0.15) is 5.75 Å². The average molecular weight is 360 g/mol. The van der Waals surface area contributed by atoms with Crippen LogP contribution in [0.1, 0.15) is 64.5 Å². The zero-order chi connectivity index (χ0) is 19.1. The minimum atomic E-state index is -0.275. The summed E-state index contributed by atoms with van der Waals surface area (Å²) >= 11 is 0. The van der Waals surface area contributed by atoms with Gasteiger partial charge in [-0.2, -0.15) is 0 Å². The smallest absolute Gasteiger partial charge is 0.225 e. The predicted octanol–water partition coefficient (Wildman–Crippen LogP) is 3.69. The van der Waals surface area contributed by atoms with Crippen LogP contribution >= 0.6 is 0 Å². The van der Waals surface area contributed by atoms with Crippen LogP contribution in [0.4, 0.5) is 0 Å². The highest BCUT2D eigenvalue weighted by atomic mass is 16.5. The van der Waals surface area contributed by atoms with Gasteiger partial charge in [0.05, 0.1) is 19.1 Å².